The van der Waals surface area contributed by atoms with E-state index in [0.717, 1.165) is 12.8 Å². The van der Waals surface area contributed by atoms with E-state index in [1.54, 1.807) is 0 Å². The highest BCUT2D eigenvalue weighted by molar-refractivity contribution is 7.88. The van der Waals surface area contributed by atoms with Crippen LogP contribution in [0.3, 0.4) is 0 Å². The zero-order valence-electron chi connectivity index (χ0n) is 12.3. The second kappa shape index (κ2) is 5.49. The number of hydrogen-bond donors (Lipinski definition) is 0. The van der Waals surface area contributed by atoms with E-state index in [0.29, 0.717) is 45.5 Å². The Kier molecular flexibility index (Phi) is 3.98. The lowest BCUT2D eigenvalue weighted by Crippen LogP contribution is -2.47. The largest absolute Gasteiger partial charge is 0.362 e. The minimum atomic E-state index is -3.13. The molecule has 3 aliphatic heterocycles. The Bertz CT molecular complexity index is 507. The molecule has 0 aromatic heterocycles. The molecule has 3 fully saturated rings. The molecule has 8 heteroatoms. The Balaban J connectivity index is 1.58. The highest BCUT2D eigenvalue weighted by Gasteiger charge is 2.47. The van der Waals surface area contributed by atoms with Gasteiger partial charge in [-0.2, -0.15) is 0 Å². The summed E-state index contributed by atoms with van der Waals surface area (Å²) in [6.07, 6.45) is 4.49. The molecule has 120 valence electrons. The van der Waals surface area contributed by atoms with Gasteiger partial charge >= 0.3 is 0 Å². The van der Waals surface area contributed by atoms with Crippen molar-refractivity contribution in [3.63, 3.8) is 0 Å². The van der Waals surface area contributed by atoms with Crippen molar-refractivity contribution in [3.05, 3.63) is 0 Å². The summed E-state index contributed by atoms with van der Waals surface area (Å²) in [5.41, 5.74) is -0.332. The van der Waals surface area contributed by atoms with Gasteiger partial charge in [0, 0.05) is 13.1 Å². The predicted molar refractivity (Wildman–Crippen MR) is 74.8 cm³/mol. The third-order valence-corrected chi connectivity index (χ3v) is 5.93. The van der Waals surface area contributed by atoms with Crippen molar-refractivity contribution in [2.45, 2.75) is 43.8 Å². The van der Waals surface area contributed by atoms with Gasteiger partial charge in [0.25, 0.3) is 5.91 Å². The van der Waals surface area contributed by atoms with Crippen LogP contribution in [0.1, 0.15) is 32.1 Å². The molecule has 1 spiro atoms. The lowest BCUT2D eigenvalue weighted by molar-refractivity contribution is -0.185. The van der Waals surface area contributed by atoms with Crippen molar-refractivity contribution >= 4 is 15.9 Å². The SMILES string of the molecule is CS(=O)(=O)N1CCC2(CC[C@H](C(=O)N3CCCO3)O2)CC1. The average molecular weight is 318 g/mol. The highest BCUT2D eigenvalue weighted by Crippen LogP contribution is 2.40. The van der Waals surface area contributed by atoms with Crippen LogP contribution in [-0.4, -0.2) is 67.9 Å². The molecule has 0 unspecified atom stereocenters. The summed E-state index contributed by atoms with van der Waals surface area (Å²) in [5, 5.41) is 1.41. The van der Waals surface area contributed by atoms with Crippen LogP contribution in [0.4, 0.5) is 0 Å². The zero-order chi connectivity index (χ0) is 15.1. The number of hydrogen-bond acceptors (Lipinski definition) is 5. The fourth-order valence-electron chi connectivity index (χ4n) is 3.36. The van der Waals surface area contributed by atoms with Crippen LogP contribution < -0.4 is 0 Å². The quantitative estimate of drug-likeness (QED) is 0.723. The summed E-state index contributed by atoms with van der Waals surface area (Å²) >= 11 is 0. The number of ether oxygens (including phenoxy) is 1. The van der Waals surface area contributed by atoms with Gasteiger partial charge in [0.15, 0.2) is 0 Å². The number of rotatable bonds is 2. The van der Waals surface area contributed by atoms with E-state index < -0.39 is 16.1 Å². The molecular weight excluding hydrogens is 296 g/mol. The molecule has 3 rings (SSSR count). The number of sulfonamides is 1. The number of carbonyl (C=O) groups is 1. The molecule has 3 heterocycles. The van der Waals surface area contributed by atoms with Crippen molar-refractivity contribution in [3.8, 4) is 0 Å². The molecule has 0 N–H and O–H groups in total. The molecule has 0 radical (unpaired) electrons. The first-order valence-corrected chi connectivity index (χ1v) is 9.32. The average Bonchev–Trinajstić information content (AvgIpc) is 3.08. The maximum atomic E-state index is 12.3. The molecule has 0 aromatic rings. The molecule has 0 bridgehead atoms. The molecule has 1 amide bonds. The van der Waals surface area contributed by atoms with Crippen LogP contribution in [0.2, 0.25) is 0 Å². The van der Waals surface area contributed by atoms with Crippen molar-refractivity contribution in [2.75, 3.05) is 32.5 Å². The summed E-state index contributed by atoms with van der Waals surface area (Å²) in [5.74, 6) is -0.0880. The van der Waals surface area contributed by atoms with Crippen LogP contribution in [-0.2, 0) is 24.4 Å². The van der Waals surface area contributed by atoms with E-state index in [1.807, 2.05) is 0 Å². The first kappa shape index (κ1) is 15.2. The van der Waals surface area contributed by atoms with Gasteiger partial charge in [-0.1, -0.05) is 0 Å². The molecule has 0 aromatic carbocycles. The molecule has 0 saturated carbocycles. The standard InChI is InChI=1S/C13H22N2O5S/c1-21(17,18)14-8-5-13(6-9-14)4-3-11(20-13)12(16)15-7-2-10-19-15/h11H,2-10H2,1H3/t11-/m1/s1. The second-order valence-corrected chi connectivity index (χ2v) is 8.10. The molecule has 3 saturated heterocycles. The predicted octanol–water partition coefficient (Wildman–Crippen LogP) is 0.124. The minimum absolute atomic E-state index is 0.0880. The summed E-state index contributed by atoms with van der Waals surface area (Å²) in [6, 6.07) is 0. The summed E-state index contributed by atoms with van der Waals surface area (Å²) in [4.78, 5) is 17.5. The lowest BCUT2D eigenvalue weighted by atomic mass is 9.89. The maximum Gasteiger partial charge on any atom is 0.275 e. The van der Waals surface area contributed by atoms with Crippen molar-refractivity contribution in [2.24, 2.45) is 0 Å². The first-order valence-electron chi connectivity index (χ1n) is 7.47. The normalized spacial score (nSPS) is 30.1. The topological polar surface area (TPSA) is 76.2 Å². The Morgan fingerprint density at radius 3 is 2.48 bits per heavy atom. The number of piperidine rings is 1. The summed E-state index contributed by atoms with van der Waals surface area (Å²) in [7, 11) is -3.13. The molecule has 7 nitrogen and oxygen atoms in total. The van der Waals surface area contributed by atoms with Crippen LogP contribution in [0.15, 0.2) is 0 Å². The maximum absolute atomic E-state index is 12.3. The van der Waals surface area contributed by atoms with Gasteiger partial charge in [-0.25, -0.2) is 17.8 Å². The second-order valence-electron chi connectivity index (χ2n) is 6.12. The van der Waals surface area contributed by atoms with Gasteiger partial charge in [-0.05, 0) is 32.1 Å². The van der Waals surface area contributed by atoms with Crippen molar-refractivity contribution in [1.29, 1.82) is 0 Å². The molecular formula is C13H22N2O5S. The Morgan fingerprint density at radius 2 is 1.90 bits per heavy atom. The van der Waals surface area contributed by atoms with E-state index in [2.05, 4.69) is 0 Å². The van der Waals surface area contributed by atoms with Gasteiger partial charge in [-0.3, -0.25) is 9.63 Å². The van der Waals surface area contributed by atoms with Gasteiger partial charge in [0.2, 0.25) is 10.0 Å². The third kappa shape index (κ3) is 3.08. The first-order chi connectivity index (χ1) is 9.90. The smallest absolute Gasteiger partial charge is 0.275 e. The molecule has 0 aliphatic carbocycles. The monoisotopic (exact) mass is 318 g/mol. The van der Waals surface area contributed by atoms with Crippen LogP contribution >= 0.6 is 0 Å². The molecule has 3 aliphatic rings. The van der Waals surface area contributed by atoms with E-state index in [9.17, 15) is 13.2 Å². The number of hydroxylamine groups is 2. The van der Waals surface area contributed by atoms with Gasteiger partial charge in [0.05, 0.1) is 25.0 Å². The van der Waals surface area contributed by atoms with Crippen molar-refractivity contribution < 1.29 is 22.8 Å². The zero-order valence-corrected chi connectivity index (χ0v) is 13.1. The lowest BCUT2D eigenvalue weighted by Gasteiger charge is -2.38. The Morgan fingerprint density at radius 1 is 1.19 bits per heavy atom. The van der Waals surface area contributed by atoms with Gasteiger partial charge in [0.1, 0.15) is 6.10 Å². The van der Waals surface area contributed by atoms with E-state index in [4.69, 9.17) is 9.57 Å². The van der Waals surface area contributed by atoms with Gasteiger partial charge in [-0.15, -0.1) is 0 Å². The van der Waals surface area contributed by atoms with E-state index in [-0.39, 0.29) is 11.5 Å². The van der Waals surface area contributed by atoms with E-state index >= 15 is 0 Å². The van der Waals surface area contributed by atoms with Crippen LogP contribution in [0, 0.1) is 0 Å². The molecule has 1 atom stereocenters. The fourth-order valence-corrected chi connectivity index (χ4v) is 4.21. The van der Waals surface area contributed by atoms with E-state index in [1.165, 1.54) is 15.6 Å². The number of amides is 1. The summed E-state index contributed by atoms with van der Waals surface area (Å²) < 4.78 is 30.6. The Labute approximate surface area is 125 Å². The van der Waals surface area contributed by atoms with Crippen molar-refractivity contribution in [1.82, 2.24) is 9.37 Å². The highest BCUT2D eigenvalue weighted by atomic mass is 32.2. The minimum Gasteiger partial charge on any atom is -0.362 e. The summed E-state index contributed by atoms with van der Waals surface area (Å²) in [6.45, 7) is 2.17. The molecule has 21 heavy (non-hydrogen) atoms. The van der Waals surface area contributed by atoms with Crippen LogP contribution in [0.25, 0.3) is 0 Å². The van der Waals surface area contributed by atoms with Gasteiger partial charge < -0.3 is 4.74 Å². The fraction of sp³-hybridized carbons (Fsp3) is 0.923. The third-order valence-electron chi connectivity index (χ3n) is 4.63. The number of carbonyl (C=O) groups excluding carboxylic acids is 1. The Hall–Kier alpha value is -0.700. The van der Waals surface area contributed by atoms with Crippen LogP contribution in [0.5, 0.6) is 0 Å². The number of nitrogens with zero attached hydrogens (tertiary/aromatic N) is 2.